The number of hydrogen-bond donors (Lipinski definition) is 0. The van der Waals surface area contributed by atoms with Crippen molar-refractivity contribution in [3.05, 3.63) is 71.3 Å². The van der Waals surface area contributed by atoms with E-state index in [0.717, 1.165) is 10.5 Å². The Kier molecular flexibility index (Phi) is 4.65. The van der Waals surface area contributed by atoms with Gasteiger partial charge in [0.15, 0.2) is 0 Å². The number of nitrogens with zero attached hydrogens (tertiary/aromatic N) is 2. The highest BCUT2D eigenvalue weighted by Gasteiger charge is 2.37. The summed E-state index contributed by atoms with van der Waals surface area (Å²) in [7, 11) is 1.70. The number of carbonyl (C=O) groups is 3. The number of imide groups is 1. The first-order chi connectivity index (χ1) is 12.0. The number of fused-ring (bicyclic) bond motifs is 1. The Labute approximate surface area is 146 Å². The molecular formula is C20H20N2O3. The minimum atomic E-state index is -0.405. The van der Waals surface area contributed by atoms with Gasteiger partial charge >= 0.3 is 0 Å². The van der Waals surface area contributed by atoms with Crippen molar-refractivity contribution in [2.75, 3.05) is 13.6 Å². The Hall–Kier alpha value is -2.95. The van der Waals surface area contributed by atoms with Crippen LogP contribution in [0.1, 0.15) is 33.2 Å². The summed E-state index contributed by atoms with van der Waals surface area (Å²) < 4.78 is 0. The average Bonchev–Trinajstić information content (AvgIpc) is 2.87. The maximum atomic E-state index is 12.6. The summed E-state index contributed by atoms with van der Waals surface area (Å²) >= 11 is 0. The number of carbonyl (C=O) groups excluding carboxylic acids is 3. The third kappa shape index (κ3) is 3.31. The van der Waals surface area contributed by atoms with E-state index in [-0.39, 0.29) is 18.5 Å². The van der Waals surface area contributed by atoms with Crippen LogP contribution in [0.3, 0.4) is 0 Å². The van der Waals surface area contributed by atoms with E-state index in [0.29, 0.717) is 17.5 Å². The van der Waals surface area contributed by atoms with Crippen molar-refractivity contribution in [1.82, 2.24) is 9.80 Å². The third-order valence-corrected chi connectivity index (χ3v) is 4.60. The van der Waals surface area contributed by atoms with Crippen molar-refractivity contribution >= 4 is 17.7 Å². The molecule has 5 heteroatoms. The van der Waals surface area contributed by atoms with E-state index in [1.54, 1.807) is 36.2 Å². The molecule has 0 aromatic heterocycles. The lowest BCUT2D eigenvalue weighted by molar-refractivity contribution is -0.131. The fourth-order valence-corrected chi connectivity index (χ4v) is 2.97. The summed E-state index contributed by atoms with van der Waals surface area (Å²) in [4.78, 5) is 39.9. The number of likely N-dealkylation sites (N-methyl/N-ethyl adjacent to an activating group) is 1. The summed E-state index contributed by atoms with van der Waals surface area (Å²) in [6.45, 7) is 1.72. The van der Waals surface area contributed by atoms with Crippen LogP contribution in [0.25, 0.3) is 0 Å². The van der Waals surface area contributed by atoms with Crippen LogP contribution >= 0.6 is 0 Å². The van der Waals surface area contributed by atoms with E-state index in [1.807, 2.05) is 37.3 Å². The van der Waals surface area contributed by atoms with E-state index in [1.165, 1.54) is 0 Å². The Morgan fingerprint density at radius 1 is 0.960 bits per heavy atom. The fourth-order valence-electron chi connectivity index (χ4n) is 2.97. The molecule has 1 heterocycles. The molecular weight excluding hydrogens is 316 g/mol. The fraction of sp³-hybridized carbons (Fsp3) is 0.250. The molecule has 0 aliphatic carbocycles. The van der Waals surface area contributed by atoms with Crippen LogP contribution in [0.5, 0.6) is 0 Å². The van der Waals surface area contributed by atoms with Crippen LogP contribution in [-0.4, -0.2) is 47.2 Å². The summed E-state index contributed by atoms with van der Waals surface area (Å²) in [5.74, 6) is -1.06. The van der Waals surface area contributed by atoms with Crippen molar-refractivity contribution in [3.8, 4) is 0 Å². The van der Waals surface area contributed by atoms with Gasteiger partial charge in [-0.1, -0.05) is 42.5 Å². The minimum absolute atomic E-state index is 0.0370. The van der Waals surface area contributed by atoms with Crippen molar-refractivity contribution in [1.29, 1.82) is 0 Å². The molecule has 3 rings (SSSR count). The maximum absolute atomic E-state index is 12.6. The molecule has 0 saturated heterocycles. The second-order valence-corrected chi connectivity index (χ2v) is 6.29. The standard InChI is InChI=1S/C20H20N2O3/c1-14(12-15-8-4-3-5-9-15)21(2)18(23)13-22-19(24)16-10-6-7-11-17(16)20(22)25/h3-11,14H,12-13H2,1-2H3. The lowest BCUT2D eigenvalue weighted by Crippen LogP contribution is -2.44. The first-order valence-corrected chi connectivity index (χ1v) is 8.24. The van der Waals surface area contributed by atoms with Gasteiger partial charge in [-0.2, -0.15) is 0 Å². The molecule has 5 nitrogen and oxygen atoms in total. The van der Waals surface area contributed by atoms with Crippen LogP contribution in [0.15, 0.2) is 54.6 Å². The summed E-state index contributed by atoms with van der Waals surface area (Å²) in [6.07, 6.45) is 0.713. The molecule has 128 valence electrons. The molecule has 1 aliphatic rings. The monoisotopic (exact) mass is 336 g/mol. The van der Waals surface area contributed by atoms with E-state index in [9.17, 15) is 14.4 Å². The molecule has 0 saturated carbocycles. The van der Waals surface area contributed by atoms with Crippen molar-refractivity contribution < 1.29 is 14.4 Å². The van der Waals surface area contributed by atoms with Gasteiger partial charge in [0.05, 0.1) is 11.1 Å². The molecule has 1 atom stereocenters. The summed E-state index contributed by atoms with van der Waals surface area (Å²) in [6, 6.07) is 16.5. The van der Waals surface area contributed by atoms with Crippen LogP contribution in [0.4, 0.5) is 0 Å². The maximum Gasteiger partial charge on any atom is 0.262 e. The van der Waals surface area contributed by atoms with E-state index < -0.39 is 11.8 Å². The zero-order chi connectivity index (χ0) is 18.0. The molecule has 0 fully saturated rings. The molecule has 0 spiro atoms. The summed E-state index contributed by atoms with van der Waals surface area (Å²) in [5, 5.41) is 0. The highest BCUT2D eigenvalue weighted by molar-refractivity contribution is 6.22. The quantitative estimate of drug-likeness (QED) is 0.788. The first kappa shape index (κ1) is 16.9. The van der Waals surface area contributed by atoms with Gasteiger partial charge in [-0.05, 0) is 31.0 Å². The third-order valence-electron chi connectivity index (χ3n) is 4.60. The predicted molar refractivity (Wildman–Crippen MR) is 94.2 cm³/mol. The number of rotatable bonds is 5. The molecule has 3 amide bonds. The highest BCUT2D eigenvalue weighted by Crippen LogP contribution is 2.22. The van der Waals surface area contributed by atoms with Crippen molar-refractivity contribution in [2.45, 2.75) is 19.4 Å². The topological polar surface area (TPSA) is 57.7 Å². The lowest BCUT2D eigenvalue weighted by Gasteiger charge is -2.26. The van der Waals surface area contributed by atoms with Crippen LogP contribution in [-0.2, 0) is 11.2 Å². The highest BCUT2D eigenvalue weighted by atomic mass is 16.2. The van der Waals surface area contributed by atoms with Crippen LogP contribution in [0, 0.1) is 0 Å². The van der Waals surface area contributed by atoms with Gasteiger partial charge in [0.2, 0.25) is 5.91 Å². The molecule has 0 bridgehead atoms. The number of benzene rings is 2. The molecule has 2 aromatic carbocycles. The predicted octanol–water partition coefficient (Wildman–Crippen LogP) is 2.37. The number of amides is 3. The Bertz CT molecular complexity index is 782. The average molecular weight is 336 g/mol. The Balaban J connectivity index is 1.66. The van der Waals surface area contributed by atoms with Gasteiger partial charge < -0.3 is 4.90 Å². The minimum Gasteiger partial charge on any atom is -0.341 e. The Morgan fingerprint density at radius 2 is 1.48 bits per heavy atom. The molecule has 25 heavy (non-hydrogen) atoms. The normalized spacial score (nSPS) is 14.4. The van der Waals surface area contributed by atoms with Gasteiger partial charge in [-0.3, -0.25) is 19.3 Å². The molecule has 0 N–H and O–H groups in total. The zero-order valence-corrected chi connectivity index (χ0v) is 14.3. The van der Waals surface area contributed by atoms with Crippen LogP contribution < -0.4 is 0 Å². The van der Waals surface area contributed by atoms with Gasteiger partial charge in [0, 0.05) is 13.1 Å². The van der Waals surface area contributed by atoms with Crippen LogP contribution in [0.2, 0.25) is 0 Å². The van der Waals surface area contributed by atoms with Crippen molar-refractivity contribution in [2.24, 2.45) is 0 Å². The smallest absolute Gasteiger partial charge is 0.262 e. The zero-order valence-electron chi connectivity index (χ0n) is 14.3. The molecule has 1 aliphatic heterocycles. The van der Waals surface area contributed by atoms with Gasteiger partial charge in [-0.25, -0.2) is 0 Å². The first-order valence-electron chi connectivity index (χ1n) is 8.24. The number of hydrogen-bond acceptors (Lipinski definition) is 3. The van der Waals surface area contributed by atoms with Crippen molar-refractivity contribution in [3.63, 3.8) is 0 Å². The second kappa shape index (κ2) is 6.89. The Morgan fingerprint density at radius 3 is 2.04 bits per heavy atom. The second-order valence-electron chi connectivity index (χ2n) is 6.29. The SMILES string of the molecule is CC(Cc1ccccc1)N(C)C(=O)CN1C(=O)c2ccccc2C1=O. The molecule has 1 unspecified atom stereocenters. The molecule has 2 aromatic rings. The lowest BCUT2D eigenvalue weighted by atomic mass is 10.1. The van der Waals surface area contributed by atoms with Gasteiger partial charge in [0.25, 0.3) is 11.8 Å². The largest absolute Gasteiger partial charge is 0.341 e. The van der Waals surface area contributed by atoms with E-state index in [2.05, 4.69) is 0 Å². The summed E-state index contributed by atoms with van der Waals surface area (Å²) in [5.41, 5.74) is 1.86. The molecule has 0 radical (unpaired) electrons. The van der Waals surface area contributed by atoms with Gasteiger partial charge in [0.1, 0.15) is 6.54 Å². The van der Waals surface area contributed by atoms with E-state index in [4.69, 9.17) is 0 Å². The van der Waals surface area contributed by atoms with E-state index >= 15 is 0 Å². The van der Waals surface area contributed by atoms with Gasteiger partial charge in [-0.15, -0.1) is 0 Å².